The smallest absolute Gasteiger partial charge is 0.344 e. The van der Waals surface area contributed by atoms with Gasteiger partial charge >= 0.3 is 5.97 Å². The van der Waals surface area contributed by atoms with Gasteiger partial charge in [-0.05, 0) is 24.1 Å². The molecule has 0 atom stereocenters. The van der Waals surface area contributed by atoms with Crippen LogP contribution in [0.1, 0.15) is 11.1 Å². The van der Waals surface area contributed by atoms with Crippen molar-refractivity contribution >= 4 is 11.9 Å². The highest BCUT2D eigenvalue weighted by atomic mass is 16.6. The number of rotatable bonds is 8. The van der Waals surface area contributed by atoms with Gasteiger partial charge in [0.05, 0.1) is 5.56 Å². The molecule has 0 bridgehead atoms. The van der Waals surface area contributed by atoms with Crippen LogP contribution in [0.15, 0.2) is 54.6 Å². The summed E-state index contributed by atoms with van der Waals surface area (Å²) in [7, 11) is 0. The van der Waals surface area contributed by atoms with E-state index in [1.54, 1.807) is 24.3 Å². The van der Waals surface area contributed by atoms with Crippen LogP contribution in [0.4, 0.5) is 0 Å². The number of hydrogen-bond acceptors (Lipinski definition) is 5. The van der Waals surface area contributed by atoms with Crippen molar-refractivity contribution in [2.75, 3.05) is 19.8 Å². The van der Waals surface area contributed by atoms with E-state index in [1.165, 1.54) is 0 Å². The van der Waals surface area contributed by atoms with Gasteiger partial charge in [0.15, 0.2) is 13.2 Å². The molecule has 25 heavy (non-hydrogen) atoms. The van der Waals surface area contributed by atoms with Crippen molar-refractivity contribution in [1.29, 1.82) is 5.26 Å². The van der Waals surface area contributed by atoms with Crippen LogP contribution in [0.5, 0.6) is 5.75 Å². The minimum absolute atomic E-state index is 0.300. The fourth-order valence-corrected chi connectivity index (χ4v) is 2.05. The van der Waals surface area contributed by atoms with E-state index in [-0.39, 0.29) is 19.1 Å². The first-order valence-electron chi connectivity index (χ1n) is 7.77. The number of carbonyl (C=O) groups excluding carboxylic acids is 2. The summed E-state index contributed by atoms with van der Waals surface area (Å²) in [6.45, 7) is -0.265. The van der Waals surface area contributed by atoms with Crippen molar-refractivity contribution in [3.05, 3.63) is 65.7 Å². The molecule has 1 amide bonds. The summed E-state index contributed by atoms with van der Waals surface area (Å²) in [5, 5.41) is 11.6. The van der Waals surface area contributed by atoms with Crippen molar-refractivity contribution < 1.29 is 19.1 Å². The molecule has 0 heterocycles. The highest BCUT2D eigenvalue weighted by Gasteiger charge is 2.09. The molecule has 128 valence electrons. The van der Waals surface area contributed by atoms with Gasteiger partial charge in [0.1, 0.15) is 11.8 Å². The Hall–Kier alpha value is -3.33. The largest absolute Gasteiger partial charge is 0.481 e. The topological polar surface area (TPSA) is 88.4 Å². The first-order valence-corrected chi connectivity index (χ1v) is 7.77. The second kappa shape index (κ2) is 9.73. The predicted octanol–water partition coefficient (Wildman–Crippen LogP) is 1.84. The predicted molar refractivity (Wildman–Crippen MR) is 90.8 cm³/mol. The van der Waals surface area contributed by atoms with Crippen molar-refractivity contribution in [3.8, 4) is 11.8 Å². The Labute approximate surface area is 146 Å². The maximum absolute atomic E-state index is 11.6. The van der Waals surface area contributed by atoms with Crippen molar-refractivity contribution in [3.63, 3.8) is 0 Å². The van der Waals surface area contributed by atoms with E-state index in [1.807, 2.05) is 36.4 Å². The lowest BCUT2D eigenvalue weighted by Gasteiger charge is -2.08. The second-order valence-electron chi connectivity index (χ2n) is 5.14. The number of nitriles is 1. The monoisotopic (exact) mass is 338 g/mol. The molecular weight excluding hydrogens is 320 g/mol. The van der Waals surface area contributed by atoms with Gasteiger partial charge in [0.25, 0.3) is 5.91 Å². The molecule has 0 aliphatic heterocycles. The van der Waals surface area contributed by atoms with Gasteiger partial charge in [-0.15, -0.1) is 0 Å². The van der Waals surface area contributed by atoms with Crippen molar-refractivity contribution in [2.45, 2.75) is 6.42 Å². The Kier molecular flexibility index (Phi) is 7.01. The summed E-state index contributed by atoms with van der Waals surface area (Å²) in [5.41, 5.74) is 1.44. The number of nitrogens with zero attached hydrogens (tertiary/aromatic N) is 1. The molecule has 0 fully saturated rings. The van der Waals surface area contributed by atoms with E-state index in [2.05, 4.69) is 5.32 Å². The zero-order valence-electron chi connectivity index (χ0n) is 13.6. The lowest BCUT2D eigenvalue weighted by atomic mass is 10.1. The molecule has 0 saturated carbocycles. The fourth-order valence-electron chi connectivity index (χ4n) is 2.05. The molecule has 0 aliphatic rings. The number of benzene rings is 2. The maximum atomic E-state index is 11.6. The molecule has 6 nitrogen and oxygen atoms in total. The summed E-state index contributed by atoms with van der Waals surface area (Å²) in [6.07, 6.45) is 0.703. The molecule has 2 rings (SSSR count). The Morgan fingerprint density at radius 1 is 1.00 bits per heavy atom. The highest BCUT2D eigenvalue weighted by Crippen LogP contribution is 2.16. The third-order valence-electron chi connectivity index (χ3n) is 3.30. The number of para-hydroxylation sites is 1. The lowest BCUT2D eigenvalue weighted by Crippen LogP contribution is -2.31. The molecular formula is C19H18N2O4. The van der Waals surface area contributed by atoms with Crippen molar-refractivity contribution in [2.24, 2.45) is 0 Å². The van der Waals surface area contributed by atoms with Gasteiger partial charge in [-0.25, -0.2) is 4.79 Å². The van der Waals surface area contributed by atoms with Crippen LogP contribution in [0, 0.1) is 11.3 Å². The minimum Gasteiger partial charge on any atom is -0.481 e. The first kappa shape index (κ1) is 18.0. The Balaban J connectivity index is 1.64. The molecule has 0 spiro atoms. The summed E-state index contributed by atoms with van der Waals surface area (Å²) in [4.78, 5) is 23.2. The van der Waals surface area contributed by atoms with E-state index in [4.69, 9.17) is 14.7 Å². The molecule has 0 unspecified atom stereocenters. The van der Waals surface area contributed by atoms with E-state index in [9.17, 15) is 9.59 Å². The highest BCUT2D eigenvalue weighted by molar-refractivity contribution is 5.80. The van der Waals surface area contributed by atoms with Gasteiger partial charge in [0.2, 0.25) is 0 Å². The lowest BCUT2D eigenvalue weighted by molar-refractivity contribution is -0.150. The van der Waals surface area contributed by atoms with E-state index in [0.717, 1.165) is 5.56 Å². The fraction of sp³-hybridized carbons (Fsp3) is 0.211. The van der Waals surface area contributed by atoms with E-state index in [0.29, 0.717) is 24.3 Å². The quantitative estimate of drug-likeness (QED) is 0.742. The van der Waals surface area contributed by atoms with Gasteiger partial charge in [-0.1, -0.05) is 42.5 Å². The Bertz CT molecular complexity index is 754. The average molecular weight is 338 g/mol. The van der Waals surface area contributed by atoms with Gasteiger partial charge in [-0.3, -0.25) is 4.79 Å². The number of nitrogens with one attached hydrogen (secondary N) is 1. The molecule has 0 aliphatic carbocycles. The molecule has 2 aromatic rings. The SMILES string of the molecule is N#Cc1ccccc1OCC(=O)OCC(=O)NCCc1ccccc1. The number of carbonyl (C=O) groups is 2. The van der Waals surface area contributed by atoms with Gasteiger partial charge < -0.3 is 14.8 Å². The van der Waals surface area contributed by atoms with Gasteiger partial charge in [-0.2, -0.15) is 5.26 Å². The first-order chi connectivity index (χ1) is 12.2. The van der Waals surface area contributed by atoms with Gasteiger partial charge in [0, 0.05) is 6.54 Å². The van der Waals surface area contributed by atoms with Crippen LogP contribution >= 0.6 is 0 Å². The van der Waals surface area contributed by atoms with Crippen LogP contribution in [0.2, 0.25) is 0 Å². The van der Waals surface area contributed by atoms with Crippen LogP contribution in [0.25, 0.3) is 0 Å². The molecule has 0 radical (unpaired) electrons. The van der Waals surface area contributed by atoms with Crippen LogP contribution in [-0.4, -0.2) is 31.6 Å². The number of amides is 1. The molecule has 6 heteroatoms. The third-order valence-corrected chi connectivity index (χ3v) is 3.30. The van der Waals surface area contributed by atoms with Crippen LogP contribution in [-0.2, 0) is 20.7 Å². The maximum Gasteiger partial charge on any atom is 0.344 e. The molecule has 0 aromatic heterocycles. The van der Waals surface area contributed by atoms with Crippen LogP contribution in [0.3, 0.4) is 0 Å². The van der Waals surface area contributed by atoms with E-state index < -0.39 is 5.97 Å². The average Bonchev–Trinajstić information content (AvgIpc) is 2.65. The summed E-state index contributed by atoms with van der Waals surface area (Å²) in [5.74, 6) is -0.748. The Morgan fingerprint density at radius 2 is 1.72 bits per heavy atom. The van der Waals surface area contributed by atoms with Crippen molar-refractivity contribution in [1.82, 2.24) is 5.32 Å². The molecule has 1 N–H and O–H groups in total. The Morgan fingerprint density at radius 3 is 2.48 bits per heavy atom. The standard InChI is InChI=1S/C19H18N2O4/c20-12-16-8-4-5-9-17(16)24-14-19(23)25-13-18(22)21-11-10-15-6-2-1-3-7-15/h1-9H,10-11,13-14H2,(H,21,22). The number of hydrogen-bond donors (Lipinski definition) is 1. The zero-order valence-corrected chi connectivity index (χ0v) is 13.6. The summed E-state index contributed by atoms with van der Waals surface area (Å²) >= 11 is 0. The normalized spacial score (nSPS) is 9.72. The second-order valence-corrected chi connectivity index (χ2v) is 5.14. The van der Waals surface area contributed by atoms with E-state index >= 15 is 0 Å². The minimum atomic E-state index is -0.675. The third kappa shape index (κ3) is 6.36. The molecule has 0 saturated heterocycles. The number of esters is 1. The molecule has 2 aromatic carbocycles. The van der Waals surface area contributed by atoms with Crippen LogP contribution < -0.4 is 10.1 Å². The zero-order chi connectivity index (χ0) is 17.9. The summed E-state index contributed by atoms with van der Waals surface area (Å²) in [6, 6.07) is 18.3. The number of ether oxygens (including phenoxy) is 2. The summed E-state index contributed by atoms with van der Waals surface area (Å²) < 4.78 is 10.1.